The summed E-state index contributed by atoms with van der Waals surface area (Å²) in [5.74, 6) is 1.71. The molecule has 1 nitrogen and oxygen atoms in total. The van der Waals surface area contributed by atoms with Crippen LogP contribution >= 0.6 is 0 Å². The summed E-state index contributed by atoms with van der Waals surface area (Å²) < 4.78 is 0. The zero-order valence-corrected chi connectivity index (χ0v) is 8.60. The predicted octanol–water partition coefficient (Wildman–Crippen LogP) is 3.10. The normalized spacial score (nSPS) is 34.8. The van der Waals surface area contributed by atoms with Crippen LogP contribution in [0.2, 0.25) is 0 Å². The van der Waals surface area contributed by atoms with Crippen molar-refractivity contribution in [1.29, 1.82) is 0 Å². The van der Waals surface area contributed by atoms with Gasteiger partial charge in [-0.2, -0.15) is 0 Å². The van der Waals surface area contributed by atoms with Crippen molar-refractivity contribution >= 4 is 5.78 Å². The first kappa shape index (κ1) is 8.98. The standard InChI is InChI=1S/C12H18O/c1-8-6-7-10-4-3-5-11(13)12(10)9(8)2/h8,10H,3-7H2,1-2H3. The lowest BCUT2D eigenvalue weighted by molar-refractivity contribution is -0.117. The van der Waals surface area contributed by atoms with E-state index in [9.17, 15) is 4.79 Å². The van der Waals surface area contributed by atoms with E-state index in [1.807, 2.05) is 0 Å². The SMILES string of the molecule is CC1=C2C(=O)CCCC2CCC1C. The van der Waals surface area contributed by atoms with Crippen molar-refractivity contribution < 1.29 is 4.79 Å². The third-order valence-electron chi connectivity index (χ3n) is 3.78. The smallest absolute Gasteiger partial charge is 0.159 e. The molecule has 0 N–H and O–H groups in total. The van der Waals surface area contributed by atoms with Gasteiger partial charge in [0.25, 0.3) is 0 Å². The van der Waals surface area contributed by atoms with Gasteiger partial charge in [0.05, 0.1) is 0 Å². The van der Waals surface area contributed by atoms with E-state index in [-0.39, 0.29) is 0 Å². The Bertz CT molecular complexity index is 262. The topological polar surface area (TPSA) is 17.1 Å². The first-order valence-electron chi connectivity index (χ1n) is 5.44. The van der Waals surface area contributed by atoms with Crippen LogP contribution < -0.4 is 0 Å². The van der Waals surface area contributed by atoms with Crippen LogP contribution in [-0.2, 0) is 4.79 Å². The van der Waals surface area contributed by atoms with Crippen molar-refractivity contribution in [1.82, 2.24) is 0 Å². The first-order chi connectivity index (χ1) is 6.20. The van der Waals surface area contributed by atoms with Crippen molar-refractivity contribution in [2.75, 3.05) is 0 Å². The van der Waals surface area contributed by atoms with E-state index < -0.39 is 0 Å². The Kier molecular flexibility index (Phi) is 2.27. The molecule has 0 amide bonds. The highest BCUT2D eigenvalue weighted by Crippen LogP contribution is 2.40. The fraction of sp³-hybridized carbons (Fsp3) is 0.750. The van der Waals surface area contributed by atoms with Gasteiger partial charge >= 0.3 is 0 Å². The maximum atomic E-state index is 11.7. The van der Waals surface area contributed by atoms with Crippen molar-refractivity contribution in [3.8, 4) is 0 Å². The molecule has 2 aliphatic rings. The minimum Gasteiger partial charge on any atom is -0.295 e. The second-order valence-electron chi connectivity index (χ2n) is 4.59. The summed E-state index contributed by atoms with van der Waals surface area (Å²) in [7, 11) is 0. The second kappa shape index (κ2) is 3.28. The maximum absolute atomic E-state index is 11.7. The molecule has 1 fully saturated rings. The largest absolute Gasteiger partial charge is 0.295 e. The van der Waals surface area contributed by atoms with Gasteiger partial charge in [-0.3, -0.25) is 4.79 Å². The zero-order chi connectivity index (χ0) is 9.42. The van der Waals surface area contributed by atoms with E-state index >= 15 is 0 Å². The Labute approximate surface area is 80.2 Å². The van der Waals surface area contributed by atoms with Crippen LogP contribution in [0.5, 0.6) is 0 Å². The van der Waals surface area contributed by atoms with Crippen LogP contribution in [0.25, 0.3) is 0 Å². The van der Waals surface area contributed by atoms with Crippen molar-refractivity contribution in [2.24, 2.45) is 11.8 Å². The molecule has 72 valence electrons. The van der Waals surface area contributed by atoms with E-state index in [1.54, 1.807) is 0 Å². The lowest BCUT2D eigenvalue weighted by atomic mass is 9.71. The number of fused-ring (bicyclic) bond motifs is 1. The Morgan fingerprint density at radius 3 is 2.77 bits per heavy atom. The van der Waals surface area contributed by atoms with Gasteiger partial charge in [-0.25, -0.2) is 0 Å². The minimum atomic E-state index is 0.445. The van der Waals surface area contributed by atoms with Gasteiger partial charge in [0.2, 0.25) is 0 Å². The zero-order valence-electron chi connectivity index (χ0n) is 8.60. The Hall–Kier alpha value is -0.590. The molecule has 0 radical (unpaired) electrons. The average molecular weight is 178 g/mol. The number of ketones is 1. The van der Waals surface area contributed by atoms with Gasteiger partial charge in [-0.15, -0.1) is 0 Å². The third kappa shape index (κ3) is 1.45. The molecular weight excluding hydrogens is 160 g/mol. The van der Waals surface area contributed by atoms with E-state index in [2.05, 4.69) is 13.8 Å². The number of carbonyl (C=O) groups is 1. The lowest BCUT2D eigenvalue weighted by Gasteiger charge is -2.33. The van der Waals surface area contributed by atoms with Crippen molar-refractivity contribution in [3.05, 3.63) is 11.1 Å². The van der Waals surface area contributed by atoms with Crippen LogP contribution in [0.4, 0.5) is 0 Å². The molecule has 2 unspecified atom stereocenters. The number of carbonyl (C=O) groups excluding carboxylic acids is 1. The molecule has 0 aromatic carbocycles. The van der Waals surface area contributed by atoms with E-state index in [1.165, 1.54) is 30.4 Å². The molecule has 1 saturated carbocycles. The maximum Gasteiger partial charge on any atom is 0.159 e. The monoisotopic (exact) mass is 178 g/mol. The minimum absolute atomic E-state index is 0.445. The van der Waals surface area contributed by atoms with Gasteiger partial charge < -0.3 is 0 Å². The van der Waals surface area contributed by atoms with Crippen LogP contribution in [-0.4, -0.2) is 5.78 Å². The average Bonchev–Trinajstić information content (AvgIpc) is 2.12. The molecule has 0 aromatic heterocycles. The van der Waals surface area contributed by atoms with Crippen molar-refractivity contribution in [3.63, 3.8) is 0 Å². The van der Waals surface area contributed by atoms with E-state index in [4.69, 9.17) is 0 Å². The summed E-state index contributed by atoms with van der Waals surface area (Å²) in [6.45, 7) is 4.41. The van der Waals surface area contributed by atoms with Gasteiger partial charge in [0, 0.05) is 6.42 Å². The van der Waals surface area contributed by atoms with Gasteiger partial charge in [0.1, 0.15) is 0 Å². The fourth-order valence-corrected chi connectivity index (χ4v) is 2.78. The second-order valence-corrected chi connectivity index (χ2v) is 4.59. The van der Waals surface area contributed by atoms with Crippen LogP contribution in [0.1, 0.15) is 46.0 Å². The van der Waals surface area contributed by atoms with Gasteiger partial charge in [-0.1, -0.05) is 12.5 Å². The number of hydrogen-bond acceptors (Lipinski definition) is 1. The molecule has 2 atom stereocenters. The predicted molar refractivity (Wildman–Crippen MR) is 53.4 cm³/mol. The molecule has 0 bridgehead atoms. The highest BCUT2D eigenvalue weighted by molar-refractivity contribution is 5.97. The highest BCUT2D eigenvalue weighted by atomic mass is 16.1. The van der Waals surface area contributed by atoms with Gasteiger partial charge in [-0.05, 0) is 50.0 Å². The molecule has 13 heavy (non-hydrogen) atoms. The Balaban J connectivity index is 2.35. The summed E-state index contributed by atoms with van der Waals surface area (Å²) in [4.78, 5) is 11.7. The highest BCUT2D eigenvalue weighted by Gasteiger charge is 2.31. The van der Waals surface area contributed by atoms with Crippen LogP contribution in [0, 0.1) is 11.8 Å². The quantitative estimate of drug-likeness (QED) is 0.557. The molecule has 0 spiro atoms. The number of Topliss-reactive ketones (excluding diaryl/α,β-unsaturated/α-hetero) is 1. The number of allylic oxidation sites excluding steroid dienone is 2. The third-order valence-corrected chi connectivity index (χ3v) is 3.78. The lowest BCUT2D eigenvalue weighted by Crippen LogP contribution is -2.26. The summed E-state index contributed by atoms with van der Waals surface area (Å²) in [6.07, 6.45) is 5.71. The summed E-state index contributed by atoms with van der Waals surface area (Å²) in [6, 6.07) is 0. The molecule has 0 heterocycles. The summed E-state index contributed by atoms with van der Waals surface area (Å²) in [5.41, 5.74) is 2.60. The number of hydrogen-bond donors (Lipinski definition) is 0. The molecule has 0 aromatic rings. The molecule has 0 saturated heterocycles. The summed E-state index contributed by atoms with van der Waals surface area (Å²) >= 11 is 0. The van der Waals surface area contributed by atoms with Crippen molar-refractivity contribution in [2.45, 2.75) is 46.0 Å². The van der Waals surface area contributed by atoms with Gasteiger partial charge in [0.15, 0.2) is 5.78 Å². The molecule has 2 rings (SSSR count). The Morgan fingerprint density at radius 1 is 1.23 bits per heavy atom. The Morgan fingerprint density at radius 2 is 2.00 bits per heavy atom. The number of rotatable bonds is 0. The van der Waals surface area contributed by atoms with E-state index in [0.29, 0.717) is 17.6 Å². The molecular formula is C12H18O. The molecule has 0 aliphatic heterocycles. The summed E-state index contributed by atoms with van der Waals surface area (Å²) in [5, 5.41) is 0. The van der Waals surface area contributed by atoms with Crippen LogP contribution in [0.3, 0.4) is 0 Å². The fourth-order valence-electron chi connectivity index (χ4n) is 2.78. The molecule has 2 aliphatic carbocycles. The molecule has 1 heteroatoms. The van der Waals surface area contributed by atoms with E-state index in [0.717, 1.165) is 12.8 Å². The first-order valence-corrected chi connectivity index (χ1v) is 5.44. The van der Waals surface area contributed by atoms with Crippen LogP contribution in [0.15, 0.2) is 11.1 Å².